The van der Waals surface area contributed by atoms with E-state index >= 15 is 0 Å². The Kier molecular flexibility index (Phi) is 4.11. The highest BCUT2D eigenvalue weighted by Crippen LogP contribution is 2.20. The summed E-state index contributed by atoms with van der Waals surface area (Å²) in [6.45, 7) is 3.01. The van der Waals surface area contributed by atoms with E-state index in [1.165, 1.54) is 5.56 Å². The molecule has 2 rings (SSSR count). The summed E-state index contributed by atoms with van der Waals surface area (Å²) in [5.74, 6) is 0.183. The molecule has 0 radical (unpaired) electrons. The number of carbonyl (C=O) groups is 1. The molecule has 0 spiro atoms. The smallest absolute Gasteiger partial charge is 0.236 e. The van der Waals surface area contributed by atoms with Gasteiger partial charge >= 0.3 is 0 Å². The molecule has 2 nitrogen and oxygen atoms in total. The molecule has 2 unspecified atom stereocenters. The predicted octanol–water partition coefficient (Wildman–Crippen LogP) is 2.54. The zero-order valence-electron chi connectivity index (χ0n) is 10.2. The molecule has 1 heterocycles. The molecular formula is C14H19NOS. The average Bonchev–Trinajstić information content (AvgIpc) is 2.76. The topological polar surface area (TPSA) is 20.3 Å². The van der Waals surface area contributed by atoms with Crippen molar-refractivity contribution in [3.05, 3.63) is 35.9 Å². The van der Waals surface area contributed by atoms with Crippen LogP contribution in [0.1, 0.15) is 25.3 Å². The maximum atomic E-state index is 12.2. The Morgan fingerprint density at radius 2 is 2.18 bits per heavy atom. The van der Waals surface area contributed by atoms with Gasteiger partial charge in [-0.15, -0.1) is 0 Å². The van der Waals surface area contributed by atoms with Crippen LogP contribution in [-0.2, 0) is 11.2 Å². The summed E-state index contributed by atoms with van der Waals surface area (Å²) in [6, 6.07) is 10.5. The molecular weight excluding hydrogens is 230 g/mol. The first kappa shape index (κ1) is 12.5. The summed E-state index contributed by atoms with van der Waals surface area (Å²) >= 11 is 4.46. The molecule has 1 amide bonds. The van der Waals surface area contributed by atoms with Gasteiger partial charge in [-0.2, -0.15) is 12.6 Å². The zero-order chi connectivity index (χ0) is 12.3. The van der Waals surface area contributed by atoms with Crippen molar-refractivity contribution in [1.29, 1.82) is 0 Å². The summed E-state index contributed by atoms with van der Waals surface area (Å²) < 4.78 is 0. The first-order chi connectivity index (χ1) is 8.18. The second-order valence-electron chi connectivity index (χ2n) is 4.73. The molecule has 0 aromatic heterocycles. The molecule has 0 bridgehead atoms. The number of rotatable bonds is 3. The van der Waals surface area contributed by atoms with E-state index in [-0.39, 0.29) is 11.2 Å². The molecule has 1 aromatic rings. The van der Waals surface area contributed by atoms with E-state index in [9.17, 15) is 4.79 Å². The highest BCUT2D eigenvalue weighted by molar-refractivity contribution is 7.81. The number of carbonyl (C=O) groups excluding carboxylic acids is 1. The van der Waals surface area contributed by atoms with Crippen molar-refractivity contribution < 1.29 is 4.79 Å². The van der Waals surface area contributed by atoms with Gasteiger partial charge in [-0.1, -0.05) is 30.3 Å². The fourth-order valence-electron chi connectivity index (χ4n) is 2.38. The largest absolute Gasteiger partial charge is 0.339 e. The van der Waals surface area contributed by atoms with Crippen molar-refractivity contribution in [1.82, 2.24) is 4.90 Å². The summed E-state index contributed by atoms with van der Waals surface area (Å²) in [4.78, 5) is 14.2. The highest BCUT2D eigenvalue weighted by Gasteiger charge is 2.28. The standard InChI is InChI=1S/C14H19NOS/c1-11-6-5-9-15(11)14(16)13(17)10-12-7-3-2-4-8-12/h2-4,7-8,11,13,17H,5-6,9-10H2,1H3. The first-order valence-corrected chi connectivity index (χ1v) is 6.72. The third kappa shape index (κ3) is 3.03. The third-order valence-electron chi connectivity index (χ3n) is 3.39. The van der Waals surface area contributed by atoms with Gasteiger partial charge in [0.05, 0.1) is 5.25 Å². The van der Waals surface area contributed by atoms with Crippen LogP contribution in [-0.4, -0.2) is 28.6 Å². The molecule has 1 aliphatic heterocycles. The monoisotopic (exact) mass is 249 g/mol. The number of likely N-dealkylation sites (tertiary alicyclic amines) is 1. The minimum atomic E-state index is -0.210. The van der Waals surface area contributed by atoms with Crippen molar-refractivity contribution >= 4 is 18.5 Å². The second-order valence-corrected chi connectivity index (χ2v) is 5.35. The van der Waals surface area contributed by atoms with Crippen LogP contribution in [0.3, 0.4) is 0 Å². The minimum absolute atomic E-state index is 0.183. The van der Waals surface area contributed by atoms with Gasteiger partial charge in [-0.05, 0) is 31.7 Å². The molecule has 0 N–H and O–H groups in total. The van der Waals surface area contributed by atoms with Crippen LogP contribution in [0, 0.1) is 0 Å². The van der Waals surface area contributed by atoms with Crippen LogP contribution < -0.4 is 0 Å². The quantitative estimate of drug-likeness (QED) is 0.816. The molecule has 3 heteroatoms. The number of hydrogen-bond acceptors (Lipinski definition) is 2. The summed E-state index contributed by atoms with van der Waals surface area (Å²) in [5, 5.41) is -0.210. The van der Waals surface area contributed by atoms with Crippen LogP contribution in [0.15, 0.2) is 30.3 Å². The lowest BCUT2D eigenvalue weighted by atomic mass is 10.1. The number of amides is 1. The van der Waals surface area contributed by atoms with Crippen LogP contribution in [0.5, 0.6) is 0 Å². The molecule has 0 saturated carbocycles. The lowest BCUT2D eigenvalue weighted by molar-refractivity contribution is -0.131. The number of benzene rings is 1. The van der Waals surface area contributed by atoms with Crippen LogP contribution >= 0.6 is 12.6 Å². The second kappa shape index (κ2) is 5.58. The van der Waals surface area contributed by atoms with Gasteiger partial charge in [0.15, 0.2) is 0 Å². The highest BCUT2D eigenvalue weighted by atomic mass is 32.1. The summed E-state index contributed by atoms with van der Waals surface area (Å²) in [7, 11) is 0. The van der Waals surface area contributed by atoms with Crippen molar-refractivity contribution in [2.75, 3.05) is 6.54 Å². The Hall–Kier alpha value is -0.960. The minimum Gasteiger partial charge on any atom is -0.339 e. The van der Waals surface area contributed by atoms with Crippen molar-refractivity contribution in [2.45, 2.75) is 37.5 Å². The number of thiol groups is 1. The van der Waals surface area contributed by atoms with E-state index in [1.807, 2.05) is 35.2 Å². The first-order valence-electron chi connectivity index (χ1n) is 6.21. The normalized spacial score (nSPS) is 21.5. The number of nitrogens with zero attached hydrogens (tertiary/aromatic N) is 1. The van der Waals surface area contributed by atoms with Gasteiger partial charge in [-0.25, -0.2) is 0 Å². The van der Waals surface area contributed by atoms with Gasteiger partial charge in [0.25, 0.3) is 0 Å². The van der Waals surface area contributed by atoms with E-state index < -0.39 is 0 Å². The molecule has 1 aliphatic rings. The molecule has 92 valence electrons. The van der Waals surface area contributed by atoms with Gasteiger partial charge < -0.3 is 4.90 Å². The predicted molar refractivity (Wildman–Crippen MR) is 73.3 cm³/mol. The van der Waals surface area contributed by atoms with E-state index in [2.05, 4.69) is 19.6 Å². The van der Waals surface area contributed by atoms with Gasteiger partial charge in [0.2, 0.25) is 5.91 Å². The van der Waals surface area contributed by atoms with E-state index in [0.717, 1.165) is 19.4 Å². The van der Waals surface area contributed by atoms with E-state index in [1.54, 1.807) is 0 Å². The summed E-state index contributed by atoms with van der Waals surface area (Å²) in [5.41, 5.74) is 1.17. The van der Waals surface area contributed by atoms with Crippen molar-refractivity contribution in [2.24, 2.45) is 0 Å². The zero-order valence-corrected chi connectivity index (χ0v) is 11.1. The lowest BCUT2D eigenvalue weighted by Crippen LogP contribution is -2.39. The van der Waals surface area contributed by atoms with Crippen LogP contribution in [0.25, 0.3) is 0 Å². The Morgan fingerprint density at radius 1 is 1.47 bits per heavy atom. The molecule has 17 heavy (non-hydrogen) atoms. The van der Waals surface area contributed by atoms with E-state index in [0.29, 0.717) is 12.5 Å². The SMILES string of the molecule is CC1CCCN1C(=O)C(S)Cc1ccccc1. The van der Waals surface area contributed by atoms with Crippen molar-refractivity contribution in [3.8, 4) is 0 Å². The summed E-state index contributed by atoms with van der Waals surface area (Å²) in [6.07, 6.45) is 2.96. The Morgan fingerprint density at radius 3 is 2.76 bits per heavy atom. The maximum Gasteiger partial charge on any atom is 0.236 e. The molecule has 0 aliphatic carbocycles. The fraction of sp³-hybridized carbons (Fsp3) is 0.500. The Bertz CT molecular complexity index is 379. The van der Waals surface area contributed by atoms with E-state index in [4.69, 9.17) is 0 Å². The van der Waals surface area contributed by atoms with Crippen LogP contribution in [0.2, 0.25) is 0 Å². The molecule has 1 fully saturated rings. The molecule has 1 saturated heterocycles. The maximum absolute atomic E-state index is 12.2. The average molecular weight is 249 g/mol. The van der Waals surface area contributed by atoms with Gasteiger partial charge in [0.1, 0.15) is 0 Å². The molecule has 1 aromatic carbocycles. The Labute approximate surface area is 108 Å². The Balaban J connectivity index is 1.96. The third-order valence-corrected chi connectivity index (χ3v) is 3.80. The van der Waals surface area contributed by atoms with Gasteiger partial charge in [0, 0.05) is 12.6 Å². The van der Waals surface area contributed by atoms with Crippen LogP contribution in [0.4, 0.5) is 0 Å². The fourth-order valence-corrected chi connectivity index (χ4v) is 2.74. The van der Waals surface area contributed by atoms with Gasteiger partial charge in [-0.3, -0.25) is 4.79 Å². The van der Waals surface area contributed by atoms with Crippen molar-refractivity contribution in [3.63, 3.8) is 0 Å². The molecule has 2 atom stereocenters. The lowest BCUT2D eigenvalue weighted by Gasteiger charge is -2.24. The number of hydrogen-bond donors (Lipinski definition) is 1.